The molecule has 0 N–H and O–H groups in total. The smallest absolute Gasteiger partial charge is 0.150 e. The minimum absolute atomic E-state index is 0.453. The molecule has 0 radical (unpaired) electrons. The van der Waals surface area contributed by atoms with Crippen molar-refractivity contribution in [3.05, 3.63) is 29.3 Å². The standard InChI is InChI=1S/C16H25NO3/c1-5-13(2)17(8-9-19-3)11-15-10-14(12-18)6-7-16(15)20-4/h6-7,10,12-13H,5,8-9,11H2,1-4H3. The lowest BCUT2D eigenvalue weighted by molar-refractivity contribution is 0.112. The van der Waals surface area contributed by atoms with Crippen LogP contribution in [0, 0.1) is 0 Å². The van der Waals surface area contributed by atoms with E-state index in [1.165, 1.54) is 0 Å². The molecule has 112 valence electrons. The molecule has 0 spiro atoms. The molecule has 4 nitrogen and oxygen atoms in total. The first-order chi connectivity index (χ1) is 9.65. The lowest BCUT2D eigenvalue weighted by atomic mass is 10.1. The van der Waals surface area contributed by atoms with E-state index < -0.39 is 0 Å². The highest BCUT2D eigenvalue weighted by Crippen LogP contribution is 2.22. The molecule has 1 atom stereocenters. The SMILES string of the molecule is CCC(C)N(CCOC)Cc1cc(C=O)ccc1OC. The number of benzene rings is 1. The fourth-order valence-electron chi connectivity index (χ4n) is 2.14. The quantitative estimate of drug-likeness (QED) is 0.652. The summed E-state index contributed by atoms with van der Waals surface area (Å²) in [5, 5.41) is 0. The third-order valence-electron chi connectivity index (χ3n) is 3.61. The van der Waals surface area contributed by atoms with Gasteiger partial charge in [-0.05, 0) is 31.5 Å². The van der Waals surface area contributed by atoms with Crippen molar-refractivity contribution >= 4 is 6.29 Å². The molecular weight excluding hydrogens is 254 g/mol. The summed E-state index contributed by atoms with van der Waals surface area (Å²) in [5.41, 5.74) is 1.71. The molecule has 20 heavy (non-hydrogen) atoms. The molecule has 0 aliphatic heterocycles. The van der Waals surface area contributed by atoms with Crippen LogP contribution in [0.2, 0.25) is 0 Å². The van der Waals surface area contributed by atoms with Crippen molar-refractivity contribution in [1.29, 1.82) is 0 Å². The fourth-order valence-corrected chi connectivity index (χ4v) is 2.14. The second-order valence-corrected chi connectivity index (χ2v) is 4.91. The number of carbonyl (C=O) groups is 1. The molecule has 0 fully saturated rings. The Labute approximate surface area is 121 Å². The summed E-state index contributed by atoms with van der Waals surface area (Å²) in [7, 11) is 3.37. The van der Waals surface area contributed by atoms with Crippen molar-refractivity contribution < 1.29 is 14.3 Å². The molecular formula is C16H25NO3. The molecule has 0 bridgehead atoms. The zero-order chi connectivity index (χ0) is 15.0. The summed E-state index contributed by atoms with van der Waals surface area (Å²) < 4.78 is 10.6. The average Bonchev–Trinajstić information content (AvgIpc) is 2.50. The summed E-state index contributed by atoms with van der Waals surface area (Å²) in [6.45, 7) is 6.68. The lowest BCUT2D eigenvalue weighted by Gasteiger charge is -2.28. The predicted octanol–water partition coefficient (Wildman–Crippen LogP) is 2.75. The Kier molecular flexibility index (Phi) is 7.26. The second-order valence-electron chi connectivity index (χ2n) is 4.91. The minimum Gasteiger partial charge on any atom is -0.496 e. The highest BCUT2D eigenvalue weighted by atomic mass is 16.5. The van der Waals surface area contributed by atoms with Gasteiger partial charge in [0.05, 0.1) is 13.7 Å². The van der Waals surface area contributed by atoms with Crippen molar-refractivity contribution in [2.45, 2.75) is 32.9 Å². The number of nitrogens with zero attached hydrogens (tertiary/aromatic N) is 1. The van der Waals surface area contributed by atoms with E-state index in [0.29, 0.717) is 18.2 Å². The molecule has 0 heterocycles. The number of hydrogen-bond acceptors (Lipinski definition) is 4. The van der Waals surface area contributed by atoms with Crippen molar-refractivity contribution in [1.82, 2.24) is 4.90 Å². The monoisotopic (exact) mass is 279 g/mol. The average molecular weight is 279 g/mol. The maximum absolute atomic E-state index is 10.9. The zero-order valence-corrected chi connectivity index (χ0v) is 12.9. The van der Waals surface area contributed by atoms with Gasteiger partial charge >= 0.3 is 0 Å². The van der Waals surface area contributed by atoms with Gasteiger partial charge in [-0.3, -0.25) is 9.69 Å². The first-order valence-electron chi connectivity index (χ1n) is 7.01. The van der Waals surface area contributed by atoms with Gasteiger partial charge < -0.3 is 9.47 Å². The van der Waals surface area contributed by atoms with Gasteiger partial charge in [-0.1, -0.05) is 6.92 Å². The van der Waals surface area contributed by atoms with Gasteiger partial charge in [0.1, 0.15) is 12.0 Å². The van der Waals surface area contributed by atoms with Crippen LogP contribution >= 0.6 is 0 Å². The largest absolute Gasteiger partial charge is 0.496 e. The Hall–Kier alpha value is -1.39. The highest BCUT2D eigenvalue weighted by molar-refractivity contribution is 5.75. The predicted molar refractivity (Wildman–Crippen MR) is 80.4 cm³/mol. The Morgan fingerprint density at radius 1 is 1.35 bits per heavy atom. The van der Waals surface area contributed by atoms with Gasteiger partial charge in [0.2, 0.25) is 0 Å². The maximum Gasteiger partial charge on any atom is 0.150 e. The number of carbonyl (C=O) groups excluding carboxylic acids is 1. The molecule has 0 aromatic heterocycles. The topological polar surface area (TPSA) is 38.8 Å². The van der Waals surface area contributed by atoms with Crippen LogP contribution in [-0.2, 0) is 11.3 Å². The Morgan fingerprint density at radius 2 is 2.10 bits per heavy atom. The summed E-state index contributed by atoms with van der Waals surface area (Å²) in [4.78, 5) is 13.3. The van der Waals surface area contributed by atoms with E-state index in [0.717, 1.165) is 37.1 Å². The maximum atomic E-state index is 10.9. The summed E-state index contributed by atoms with van der Waals surface area (Å²) >= 11 is 0. The van der Waals surface area contributed by atoms with E-state index in [1.54, 1.807) is 20.3 Å². The number of hydrogen-bond donors (Lipinski definition) is 0. The summed E-state index contributed by atoms with van der Waals surface area (Å²) in [6, 6.07) is 5.98. The second kappa shape index (κ2) is 8.72. The summed E-state index contributed by atoms with van der Waals surface area (Å²) in [6.07, 6.45) is 1.94. The first kappa shape index (κ1) is 16.7. The molecule has 0 aliphatic carbocycles. The molecule has 1 aromatic carbocycles. The van der Waals surface area contributed by atoms with Gasteiger partial charge in [0.15, 0.2) is 0 Å². The molecule has 1 rings (SSSR count). The highest BCUT2D eigenvalue weighted by Gasteiger charge is 2.15. The molecule has 4 heteroatoms. The third-order valence-corrected chi connectivity index (χ3v) is 3.61. The van der Waals surface area contributed by atoms with Gasteiger partial charge in [0, 0.05) is 37.4 Å². The summed E-state index contributed by atoms with van der Waals surface area (Å²) in [5.74, 6) is 0.821. The van der Waals surface area contributed by atoms with Gasteiger partial charge in [-0.25, -0.2) is 0 Å². The minimum atomic E-state index is 0.453. The van der Waals surface area contributed by atoms with E-state index in [9.17, 15) is 4.79 Å². The fraction of sp³-hybridized carbons (Fsp3) is 0.562. The van der Waals surface area contributed by atoms with Gasteiger partial charge in [-0.2, -0.15) is 0 Å². The van der Waals surface area contributed by atoms with Crippen LogP contribution in [0.25, 0.3) is 0 Å². The molecule has 0 aliphatic rings. The van der Waals surface area contributed by atoms with Crippen LogP contribution in [0.4, 0.5) is 0 Å². The number of methoxy groups -OCH3 is 2. The Bertz CT molecular complexity index is 420. The Morgan fingerprint density at radius 3 is 2.65 bits per heavy atom. The molecule has 0 saturated heterocycles. The molecule has 0 saturated carbocycles. The van der Waals surface area contributed by atoms with Gasteiger partial charge in [0.25, 0.3) is 0 Å². The zero-order valence-electron chi connectivity index (χ0n) is 12.9. The van der Waals surface area contributed by atoms with Crippen molar-refractivity contribution in [2.75, 3.05) is 27.4 Å². The number of rotatable bonds is 9. The van der Waals surface area contributed by atoms with E-state index >= 15 is 0 Å². The van der Waals surface area contributed by atoms with Crippen LogP contribution in [0.5, 0.6) is 5.75 Å². The van der Waals surface area contributed by atoms with Crippen LogP contribution in [-0.4, -0.2) is 44.6 Å². The lowest BCUT2D eigenvalue weighted by Crippen LogP contribution is -2.35. The molecule has 1 unspecified atom stereocenters. The number of aldehydes is 1. The van der Waals surface area contributed by atoms with E-state index in [2.05, 4.69) is 18.7 Å². The van der Waals surface area contributed by atoms with E-state index in [4.69, 9.17) is 9.47 Å². The molecule has 0 amide bonds. The van der Waals surface area contributed by atoms with Crippen LogP contribution in [0.1, 0.15) is 36.2 Å². The van der Waals surface area contributed by atoms with Crippen molar-refractivity contribution in [3.63, 3.8) is 0 Å². The van der Waals surface area contributed by atoms with E-state index in [1.807, 2.05) is 12.1 Å². The van der Waals surface area contributed by atoms with Crippen molar-refractivity contribution in [3.8, 4) is 5.75 Å². The normalized spacial score (nSPS) is 12.4. The molecule has 1 aromatic rings. The van der Waals surface area contributed by atoms with Crippen LogP contribution in [0.15, 0.2) is 18.2 Å². The van der Waals surface area contributed by atoms with Crippen LogP contribution < -0.4 is 4.74 Å². The third kappa shape index (κ3) is 4.62. The van der Waals surface area contributed by atoms with Crippen LogP contribution in [0.3, 0.4) is 0 Å². The van der Waals surface area contributed by atoms with E-state index in [-0.39, 0.29) is 0 Å². The number of ether oxygens (including phenoxy) is 2. The van der Waals surface area contributed by atoms with Crippen molar-refractivity contribution in [2.24, 2.45) is 0 Å². The first-order valence-corrected chi connectivity index (χ1v) is 7.01. The Balaban J connectivity index is 2.92. The van der Waals surface area contributed by atoms with Gasteiger partial charge in [-0.15, -0.1) is 0 Å².